The Morgan fingerprint density at radius 3 is 3.14 bits per heavy atom. The van der Waals surface area contributed by atoms with E-state index in [1.807, 2.05) is 30.2 Å². The molecule has 3 rings (SSSR count). The van der Waals surface area contributed by atoms with Crippen molar-refractivity contribution in [2.45, 2.75) is 19.9 Å². The molecule has 0 spiro atoms. The minimum absolute atomic E-state index is 0.636. The van der Waals surface area contributed by atoms with Crippen molar-refractivity contribution in [3.05, 3.63) is 41.9 Å². The number of nitrogens with zero attached hydrogens (tertiary/aromatic N) is 3. The van der Waals surface area contributed by atoms with Gasteiger partial charge in [0.2, 0.25) is 0 Å². The molecule has 3 aromatic rings. The van der Waals surface area contributed by atoms with E-state index in [0.717, 1.165) is 30.7 Å². The van der Waals surface area contributed by atoms with Gasteiger partial charge in [-0.3, -0.25) is 0 Å². The fraction of sp³-hybridized carbons (Fsp3) is 0.267. The van der Waals surface area contributed by atoms with Crippen molar-refractivity contribution in [1.29, 1.82) is 0 Å². The van der Waals surface area contributed by atoms with Crippen molar-refractivity contribution in [2.75, 3.05) is 11.9 Å². The second-order valence-electron chi connectivity index (χ2n) is 5.00. The van der Waals surface area contributed by atoms with Crippen molar-refractivity contribution < 1.29 is 0 Å². The highest BCUT2D eigenvalue weighted by Crippen LogP contribution is 2.21. The van der Waals surface area contributed by atoms with Gasteiger partial charge in [0.05, 0.1) is 22.1 Å². The highest BCUT2D eigenvalue weighted by Gasteiger charge is 2.01. The molecular weight excluding hydrogens is 314 g/mol. The summed E-state index contributed by atoms with van der Waals surface area (Å²) in [5.41, 5.74) is 4.98. The van der Waals surface area contributed by atoms with Crippen LogP contribution in [0, 0.1) is 6.92 Å². The first-order chi connectivity index (χ1) is 10.7. The molecule has 0 fully saturated rings. The number of hydrogen-bond acceptors (Lipinski definition) is 4. The summed E-state index contributed by atoms with van der Waals surface area (Å²) in [6.45, 7) is 3.82. The van der Waals surface area contributed by atoms with Crippen LogP contribution in [0.1, 0.15) is 12.1 Å². The number of nitrogens with one attached hydrogen (secondary N) is 2. The van der Waals surface area contributed by atoms with Gasteiger partial charge in [0.1, 0.15) is 0 Å². The summed E-state index contributed by atoms with van der Waals surface area (Å²) in [4.78, 5) is 8.42. The van der Waals surface area contributed by atoms with E-state index in [-0.39, 0.29) is 0 Å². The Morgan fingerprint density at radius 1 is 1.41 bits per heavy atom. The molecule has 0 radical (unpaired) electrons. The van der Waals surface area contributed by atoms with Crippen LogP contribution in [0.5, 0.6) is 0 Å². The zero-order chi connectivity index (χ0) is 15.4. The third-order valence-electron chi connectivity index (χ3n) is 3.37. The molecule has 0 amide bonds. The third kappa shape index (κ3) is 3.61. The van der Waals surface area contributed by atoms with Gasteiger partial charge in [-0.1, -0.05) is 0 Å². The molecule has 2 heterocycles. The summed E-state index contributed by atoms with van der Waals surface area (Å²) in [6, 6.07) is 6.08. The van der Waals surface area contributed by atoms with Crippen LogP contribution in [0.15, 0.2) is 36.2 Å². The Bertz CT molecular complexity index is 777. The number of anilines is 1. The summed E-state index contributed by atoms with van der Waals surface area (Å²) in [6.07, 6.45) is 4.72. The van der Waals surface area contributed by atoms with E-state index in [2.05, 4.69) is 38.2 Å². The number of fused-ring (bicyclic) bond motifs is 1. The maximum atomic E-state index is 5.32. The molecule has 0 atom stereocenters. The topological polar surface area (TPSA) is 54.8 Å². The summed E-state index contributed by atoms with van der Waals surface area (Å²) in [5.74, 6) is 0. The predicted molar refractivity (Wildman–Crippen MR) is 95.4 cm³/mol. The Hall–Kier alpha value is -1.99. The third-order valence-corrected chi connectivity index (χ3v) is 4.43. The average molecular weight is 331 g/mol. The minimum Gasteiger partial charge on any atom is -0.362 e. The zero-order valence-corrected chi connectivity index (χ0v) is 13.9. The van der Waals surface area contributed by atoms with E-state index in [1.165, 1.54) is 10.4 Å². The monoisotopic (exact) mass is 331 g/mol. The second kappa shape index (κ2) is 6.85. The van der Waals surface area contributed by atoms with Gasteiger partial charge in [0.25, 0.3) is 0 Å². The molecule has 7 heteroatoms. The lowest BCUT2D eigenvalue weighted by molar-refractivity contribution is 0.620. The van der Waals surface area contributed by atoms with Crippen molar-refractivity contribution in [3.63, 3.8) is 0 Å². The lowest BCUT2D eigenvalue weighted by Crippen LogP contribution is -2.29. The number of aromatic nitrogens is 3. The van der Waals surface area contributed by atoms with Crippen LogP contribution >= 0.6 is 23.6 Å². The molecule has 114 valence electrons. The maximum Gasteiger partial charge on any atom is 0.170 e. The number of aryl methyl sites for hydroxylation is 2. The quantitative estimate of drug-likeness (QED) is 0.555. The highest BCUT2D eigenvalue weighted by atomic mass is 32.1. The lowest BCUT2D eigenvalue weighted by atomic mass is 10.3. The van der Waals surface area contributed by atoms with Crippen molar-refractivity contribution in [3.8, 4) is 0 Å². The van der Waals surface area contributed by atoms with Gasteiger partial charge in [0.15, 0.2) is 5.11 Å². The molecule has 1 aromatic carbocycles. The summed E-state index contributed by atoms with van der Waals surface area (Å²) in [5, 5.41) is 7.05. The van der Waals surface area contributed by atoms with Crippen LogP contribution < -0.4 is 10.6 Å². The molecule has 0 bridgehead atoms. The number of imidazole rings is 1. The standard InChI is InChI=1S/C15H17N5S2/c1-11-8-16-9-20(11)6-2-5-17-15(21)19-12-3-4-14-13(7-12)18-10-22-14/h3-4,7-10H,2,5-6H2,1H3,(H2,17,19,21). The smallest absolute Gasteiger partial charge is 0.170 e. The molecule has 0 unspecified atom stereocenters. The van der Waals surface area contributed by atoms with Gasteiger partial charge >= 0.3 is 0 Å². The molecule has 0 saturated heterocycles. The van der Waals surface area contributed by atoms with E-state index >= 15 is 0 Å². The zero-order valence-electron chi connectivity index (χ0n) is 12.2. The van der Waals surface area contributed by atoms with E-state index in [1.54, 1.807) is 11.3 Å². The van der Waals surface area contributed by atoms with E-state index in [9.17, 15) is 0 Å². The normalized spacial score (nSPS) is 10.8. The maximum absolute atomic E-state index is 5.32. The van der Waals surface area contributed by atoms with Gasteiger partial charge in [-0.15, -0.1) is 11.3 Å². The number of thiazole rings is 1. The van der Waals surface area contributed by atoms with Crippen molar-refractivity contribution >= 4 is 44.6 Å². The Labute approximate surface area is 138 Å². The SMILES string of the molecule is Cc1cncn1CCCNC(=S)Nc1ccc2scnc2c1. The molecule has 22 heavy (non-hydrogen) atoms. The molecule has 0 aliphatic heterocycles. The number of hydrogen-bond donors (Lipinski definition) is 2. The second-order valence-corrected chi connectivity index (χ2v) is 6.29. The number of benzene rings is 1. The highest BCUT2D eigenvalue weighted by molar-refractivity contribution is 7.80. The average Bonchev–Trinajstić information content (AvgIpc) is 3.12. The van der Waals surface area contributed by atoms with Crippen LogP contribution in [0.2, 0.25) is 0 Å². The van der Waals surface area contributed by atoms with Crippen LogP contribution in [-0.2, 0) is 6.54 Å². The molecule has 5 nitrogen and oxygen atoms in total. The first kappa shape index (κ1) is 14.9. The molecule has 2 N–H and O–H groups in total. The molecule has 2 aromatic heterocycles. The first-order valence-corrected chi connectivity index (χ1v) is 8.36. The fourth-order valence-corrected chi connectivity index (χ4v) is 3.06. The number of rotatable bonds is 5. The van der Waals surface area contributed by atoms with E-state index in [4.69, 9.17) is 12.2 Å². The van der Waals surface area contributed by atoms with Crippen LogP contribution in [0.3, 0.4) is 0 Å². The summed E-state index contributed by atoms with van der Waals surface area (Å²) < 4.78 is 3.31. The van der Waals surface area contributed by atoms with Gasteiger partial charge in [-0.25, -0.2) is 9.97 Å². The predicted octanol–water partition coefficient (Wildman–Crippen LogP) is 3.18. The van der Waals surface area contributed by atoms with Gasteiger partial charge < -0.3 is 15.2 Å². The fourth-order valence-electron chi connectivity index (χ4n) is 2.18. The lowest BCUT2D eigenvalue weighted by Gasteiger charge is -2.11. The summed E-state index contributed by atoms with van der Waals surface area (Å²) >= 11 is 6.95. The number of thiocarbonyl (C=S) groups is 1. The van der Waals surface area contributed by atoms with Crippen LogP contribution in [0.4, 0.5) is 5.69 Å². The largest absolute Gasteiger partial charge is 0.362 e. The van der Waals surface area contributed by atoms with Gasteiger partial charge in [0, 0.05) is 30.7 Å². The van der Waals surface area contributed by atoms with Crippen LogP contribution in [0.25, 0.3) is 10.2 Å². The van der Waals surface area contributed by atoms with Crippen LogP contribution in [-0.4, -0.2) is 26.2 Å². The molecule has 0 aliphatic rings. The van der Waals surface area contributed by atoms with Gasteiger partial charge in [-0.2, -0.15) is 0 Å². The Morgan fingerprint density at radius 2 is 2.32 bits per heavy atom. The Kier molecular flexibility index (Phi) is 4.65. The Balaban J connectivity index is 1.45. The van der Waals surface area contributed by atoms with E-state index < -0.39 is 0 Å². The summed E-state index contributed by atoms with van der Waals surface area (Å²) in [7, 11) is 0. The molecule has 0 saturated carbocycles. The first-order valence-electron chi connectivity index (χ1n) is 7.07. The van der Waals surface area contributed by atoms with Crippen molar-refractivity contribution in [1.82, 2.24) is 19.9 Å². The van der Waals surface area contributed by atoms with Crippen molar-refractivity contribution in [2.24, 2.45) is 0 Å². The van der Waals surface area contributed by atoms with Gasteiger partial charge in [-0.05, 0) is 43.8 Å². The van der Waals surface area contributed by atoms with E-state index in [0.29, 0.717) is 5.11 Å². The minimum atomic E-state index is 0.636. The molecular formula is C15H17N5S2. The molecule has 0 aliphatic carbocycles.